The van der Waals surface area contributed by atoms with Gasteiger partial charge in [0, 0.05) is 11.8 Å². The fourth-order valence-electron chi connectivity index (χ4n) is 1.42. The summed E-state index contributed by atoms with van der Waals surface area (Å²) < 4.78 is 7.74. The number of hydrogen-bond donors (Lipinski definition) is 1. The van der Waals surface area contributed by atoms with E-state index in [2.05, 4.69) is 21.0 Å². The van der Waals surface area contributed by atoms with Crippen LogP contribution in [-0.4, -0.2) is 20.9 Å². The summed E-state index contributed by atoms with van der Waals surface area (Å²) in [7, 11) is 0. The highest BCUT2D eigenvalue weighted by molar-refractivity contribution is 9.10. The van der Waals surface area contributed by atoms with Crippen molar-refractivity contribution in [1.82, 2.24) is 9.78 Å². The van der Waals surface area contributed by atoms with Gasteiger partial charge in [0.2, 0.25) is 5.76 Å². The standard InChI is InChI=1S/C10H9BrN2O3/c1-6-2-8(16-9(6)10(14)15)5-13-4-7(11)3-12-13/h2-4H,5H2,1H3,(H,14,15). The maximum absolute atomic E-state index is 10.8. The molecule has 0 spiro atoms. The van der Waals surface area contributed by atoms with Gasteiger partial charge in [-0.3, -0.25) is 4.68 Å². The third-order valence-corrected chi connectivity index (χ3v) is 2.49. The second-order valence-electron chi connectivity index (χ2n) is 3.39. The molecule has 0 unspecified atom stereocenters. The van der Waals surface area contributed by atoms with Gasteiger partial charge in [0.25, 0.3) is 0 Å². The zero-order valence-electron chi connectivity index (χ0n) is 8.48. The Balaban J connectivity index is 2.22. The predicted octanol–water partition coefficient (Wildman–Crippen LogP) is 2.29. The van der Waals surface area contributed by atoms with Crippen LogP contribution in [0.5, 0.6) is 0 Å². The van der Waals surface area contributed by atoms with Crippen LogP contribution in [0.3, 0.4) is 0 Å². The summed E-state index contributed by atoms with van der Waals surface area (Å²) in [6.45, 7) is 2.12. The molecule has 2 aromatic heterocycles. The molecule has 0 fully saturated rings. The lowest BCUT2D eigenvalue weighted by molar-refractivity contribution is 0.0659. The summed E-state index contributed by atoms with van der Waals surface area (Å²) in [5, 5.41) is 12.9. The molecule has 1 N–H and O–H groups in total. The van der Waals surface area contributed by atoms with Gasteiger partial charge in [-0.15, -0.1) is 0 Å². The van der Waals surface area contributed by atoms with Crippen molar-refractivity contribution < 1.29 is 14.3 Å². The molecule has 0 atom stereocenters. The average molecular weight is 285 g/mol. The molecule has 0 saturated carbocycles. The topological polar surface area (TPSA) is 68.3 Å². The SMILES string of the molecule is Cc1cc(Cn2cc(Br)cn2)oc1C(=O)O. The van der Waals surface area contributed by atoms with Crippen LogP contribution in [0, 0.1) is 6.92 Å². The van der Waals surface area contributed by atoms with E-state index in [-0.39, 0.29) is 5.76 Å². The van der Waals surface area contributed by atoms with Crippen LogP contribution in [0.15, 0.2) is 27.3 Å². The van der Waals surface area contributed by atoms with E-state index in [1.54, 1.807) is 30.1 Å². The molecule has 0 radical (unpaired) electrons. The fourth-order valence-corrected chi connectivity index (χ4v) is 1.75. The molecule has 2 aromatic rings. The lowest BCUT2D eigenvalue weighted by atomic mass is 10.2. The van der Waals surface area contributed by atoms with E-state index in [0.717, 1.165) is 4.47 Å². The number of hydrogen-bond acceptors (Lipinski definition) is 3. The molecular weight excluding hydrogens is 276 g/mol. The first kappa shape index (κ1) is 10.9. The van der Waals surface area contributed by atoms with Crippen molar-refractivity contribution in [1.29, 1.82) is 0 Å². The lowest BCUT2D eigenvalue weighted by Crippen LogP contribution is -1.98. The Kier molecular flexibility index (Phi) is 2.82. The largest absolute Gasteiger partial charge is 0.475 e. The summed E-state index contributed by atoms with van der Waals surface area (Å²) in [5.41, 5.74) is 0.619. The van der Waals surface area contributed by atoms with Crippen molar-refractivity contribution in [2.45, 2.75) is 13.5 Å². The van der Waals surface area contributed by atoms with Crippen LogP contribution in [0.1, 0.15) is 21.9 Å². The van der Waals surface area contributed by atoms with E-state index < -0.39 is 5.97 Å². The molecule has 2 heterocycles. The van der Waals surface area contributed by atoms with Crippen LogP contribution in [0.25, 0.3) is 0 Å². The van der Waals surface area contributed by atoms with Gasteiger partial charge in [0.1, 0.15) is 5.76 Å². The third kappa shape index (κ3) is 2.16. The molecule has 0 saturated heterocycles. The molecule has 2 rings (SSSR count). The molecule has 16 heavy (non-hydrogen) atoms. The Hall–Kier alpha value is -1.56. The van der Waals surface area contributed by atoms with Gasteiger partial charge in [-0.1, -0.05) is 0 Å². The first-order valence-electron chi connectivity index (χ1n) is 4.57. The number of carboxylic acid groups (broad SMARTS) is 1. The highest BCUT2D eigenvalue weighted by Gasteiger charge is 2.14. The number of aromatic carboxylic acids is 1. The van der Waals surface area contributed by atoms with Gasteiger partial charge in [-0.25, -0.2) is 4.79 Å². The summed E-state index contributed by atoms with van der Waals surface area (Å²) in [4.78, 5) is 10.8. The average Bonchev–Trinajstić information content (AvgIpc) is 2.73. The minimum atomic E-state index is -1.05. The third-order valence-electron chi connectivity index (χ3n) is 2.08. The van der Waals surface area contributed by atoms with E-state index in [1.165, 1.54) is 0 Å². The molecule has 0 amide bonds. The molecule has 0 aliphatic carbocycles. The number of carboxylic acids is 1. The van der Waals surface area contributed by atoms with Crippen molar-refractivity contribution >= 4 is 21.9 Å². The molecular formula is C10H9BrN2O3. The van der Waals surface area contributed by atoms with E-state index in [1.807, 2.05) is 0 Å². The first-order valence-corrected chi connectivity index (χ1v) is 5.36. The van der Waals surface area contributed by atoms with Crippen LogP contribution < -0.4 is 0 Å². The number of rotatable bonds is 3. The Morgan fingerprint density at radius 2 is 2.44 bits per heavy atom. The van der Waals surface area contributed by atoms with Crippen LogP contribution >= 0.6 is 15.9 Å². The number of furan rings is 1. The Morgan fingerprint density at radius 3 is 2.94 bits per heavy atom. The molecule has 0 aromatic carbocycles. The summed E-state index contributed by atoms with van der Waals surface area (Å²) >= 11 is 3.28. The second kappa shape index (κ2) is 4.13. The summed E-state index contributed by atoms with van der Waals surface area (Å²) in [6, 6.07) is 1.71. The number of aromatic nitrogens is 2. The van der Waals surface area contributed by atoms with Crippen molar-refractivity contribution in [3.63, 3.8) is 0 Å². The monoisotopic (exact) mass is 284 g/mol. The van der Waals surface area contributed by atoms with Crippen molar-refractivity contribution in [2.75, 3.05) is 0 Å². The normalized spacial score (nSPS) is 10.6. The number of carbonyl (C=O) groups is 1. The maximum atomic E-state index is 10.8. The maximum Gasteiger partial charge on any atom is 0.372 e. The van der Waals surface area contributed by atoms with Gasteiger partial charge in [-0.05, 0) is 28.9 Å². The van der Waals surface area contributed by atoms with Crippen LogP contribution in [0.4, 0.5) is 0 Å². The first-order chi connectivity index (χ1) is 7.56. The van der Waals surface area contributed by atoms with Gasteiger partial charge >= 0.3 is 5.97 Å². The Labute approximate surface area is 99.8 Å². The molecule has 0 bridgehead atoms. The Bertz CT molecular complexity index is 530. The number of halogens is 1. The summed E-state index contributed by atoms with van der Waals surface area (Å²) in [5.74, 6) is -0.489. The van der Waals surface area contributed by atoms with Crippen molar-refractivity contribution in [3.8, 4) is 0 Å². The molecule has 0 aliphatic rings. The van der Waals surface area contributed by atoms with Crippen molar-refractivity contribution in [3.05, 3.63) is 40.0 Å². The van der Waals surface area contributed by atoms with Crippen molar-refractivity contribution in [2.24, 2.45) is 0 Å². The van der Waals surface area contributed by atoms with E-state index in [4.69, 9.17) is 9.52 Å². The molecule has 5 nitrogen and oxygen atoms in total. The number of aryl methyl sites for hydroxylation is 1. The lowest BCUT2D eigenvalue weighted by Gasteiger charge is -1.96. The van der Waals surface area contributed by atoms with Gasteiger partial charge in [-0.2, -0.15) is 5.10 Å². The summed E-state index contributed by atoms with van der Waals surface area (Å²) in [6.07, 6.45) is 3.45. The van der Waals surface area contributed by atoms with Crippen LogP contribution in [0.2, 0.25) is 0 Å². The fraction of sp³-hybridized carbons (Fsp3) is 0.200. The minimum Gasteiger partial charge on any atom is -0.475 e. The molecule has 6 heteroatoms. The quantitative estimate of drug-likeness (QED) is 0.939. The highest BCUT2D eigenvalue weighted by atomic mass is 79.9. The zero-order valence-corrected chi connectivity index (χ0v) is 10.1. The van der Waals surface area contributed by atoms with Gasteiger partial charge in [0.15, 0.2) is 0 Å². The van der Waals surface area contributed by atoms with E-state index in [0.29, 0.717) is 17.9 Å². The Morgan fingerprint density at radius 1 is 1.69 bits per heavy atom. The number of nitrogens with zero attached hydrogens (tertiary/aromatic N) is 2. The van der Waals surface area contributed by atoms with E-state index in [9.17, 15) is 4.79 Å². The highest BCUT2D eigenvalue weighted by Crippen LogP contribution is 2.16. The van der Waals surface area contributed by atoms with Crippen LogP contribution in [-0.2, 0) is 6.54 Å². The zero-order chi connectivity index (χ0) is 11.7. The van der Waals surface area contributed by atoms with Gasteiger partial charge in [0.05, 0.1) is 17.2 Å². The predicted molar refractivity (Wildman–Crippen MR) is 59.4 cm³/mol. The van der Waals surface area contributed by atoms with Gasteiger partial charge < -0.3 is 9.52 Å². The second-order valence-corrected chi connectivity index (χ2v) is 4.30. The smallest absolute Gasteiger partial charge is 0.372 e. The van der Waals surface area contributed by atoms with E-state index >= 15 is 0 Å². The minimum absolute atomic E-state index is 0.0128. The molecule has 84 valence electrons. The molecule has 0 aliphatic heterocycles.